The van der Waals surface area contributed by atoms with Crippen molar-refractivity contribution in [2.75, 3.05) is 24.6 Å². The fraction of sp³-hybridized carbons (Fsp3) is 1.00. The first-order valence-electron chi connectivity index (χ1n) is 5.62. The van der Waals surface area contributed by atoms with Crippen molar-refractivity contribution < 1.29 is 13.3 Å². The molecule has 0 aliphatic carbocycles. The van der Waals surface area contributed by atoms with Gasteiger partial charge in [-0.3, -0.25) is 0 Å². The summed E-state index contributed by atoms with van der Waals surface area (Å²) in [5.74, 6) is 1.71. The molecule has 0 amide bonds. The summed E-state index contributed by atoms with van der Waals surface area (Å²) in [6.07, 6.45) is 3.43. The van der Waals surface area contributed by atoms with Crippen molar-refractivity contribution in [1.82, 2.24) is 0 Å². The van der Waals surface area contributed by atoms with Gasteiger partial charge in [0.25, 0.3) is 0 Å². The Kier molecular flexibility index (Phi) is 2.84. The molecular weight excluding hydrogens is 198 g/mol. The molecule has 14 heavy (non-hydrogen) atoms. The first-order valence-corrected chi connectivity index (χ1v) is 7.44. The molecule has 2 heterocycles. The normalized spacial score (nSPS) is 42.5. The van der Waals surface area contributed by atoms with Crippen LogP contribution in [0.2, 0.25) is 0 Å². The highest BCUT2D eigenvalue weighted by Crippen LogP contribution is 2.12. The molecule has 0 radical (unpaired) electrons. The van der Waals surface area contributed by atoms with Crippen molar-refractivity contribution in [3.05, 3.63) is 0 Å². The molecule has 1 N–H and O–H groups in total. The van der Waals surface area contributed by atoms with Crippen molar-refractivity contribution in [2.24, 2.45) is 5.92 Å². The number of piperidine rings is 1. The van der Waals surface area contributed by atoms with Gasteiger partial charge >= 0.3 is 0 Å². The van der Waals surface area contributed by atoms with Crippen LogP contribution in [0.3, 0.4) is 0 Å². The minimum atomic E-state index is -2.68. The number of sulfone groups is 1. The van der Waals surface area contributed by atoms with E-state index >= 15 is 0 Å². The monoisotopic (exact) mass is 218 g/mol. The lowest BCUT2D eigenvalue weighted by Crippen LogP contribution is -3.17. The van der Waals surface area contributed by atoms with Crippen LogP contribution in [-0.2, 0) is 9.84 Å². The average Bonchev–Trinajstić information content (AvgIpc) is 2.47. The molecule has 0 aromatic rings. The van der Waals surface area contributed by atoms with Crippen LogP contribution >= 0.6 is 0 Å². The molecule has 0 unspecified atom stereocenters. The van der Waals surface area contributed by atoms with Crippen molar-refractivity contribution in [2.45, 2.75) is 32.2 Å². The Morgan fingerprint density at radius 2 is 1.79 bits per heavy atom. The van der Waals surface area contributed by atoms with Gasteiger partial charge in [-0.1, -0.05) is 6.92 Å². The van der Waals surface area contributed by atoms with Crippen LogP contribution in [0.15, 0.2) is 0 Å². The van der Waals surface area contributed by atoms with Crippen LogP contribution in [0.25, 0.3) is 0 Å². The zero-order chi connectivity index (χ0) is 10.2. The van der Waals surface area contributed by atoms with Crippen molar-refractivity contribution in [1.29, 1.82) is 0 Å². The van der Waals surface area contributed by atoms with Crippen LogP contribution in [-0.4, -0.2) is 39.1 Å². The largest absolute Gasteiger partial charge is 0.332 e. The van der Waals surface area contributed by atoms with Crippen molar-refractivity contribution in [3.63, 3.8) is 0 Å². The van der Waals surface area contributed by atoms with Gasteiger partial charge in [-0.05, 0) is 18.8 Å². The maximum absolute atomic E-state index is 11.3. The average molecular weight is 218 g/mol. The molecule has 1 atom stereocenters. The Bertz CT molecular complexity index is 291. The molecule has 2 saturated heterocycles. The lowest BCUT2D eigenvalue weighted by molar-refractivity contribution is -0.928. The molecule has 4 heteroatoms. The molecular formula is C10H20NO2S+. The summed E-state index contributed by atoms with van der Waals surface area (Å²) < 4.78 is 22.7. The van der Waals surface area contributed by atoms with Crippen LogP contribution in [0.4, 0.5) is 0 Å². The van der Waals surface area contributed by atoms with E-state index in [0.29, 0.717) is 17.5 Å². The van der Waals surface area contributed by atoms with Crippen molar-refractivity contribution in [3.8, 4) is 0 Å². The lowest BCUT2D eigenvalue weighted by atomic mass is 9.98. The van der Waals surface area contributed by atoms with Crippen LogP contribution in [0.5, 0.6) is 0 Å². The van der Waals surface area contributed by atoms with E-state index < -0.39 is 9.84 Å². The van der Waals surface area contributed by atoms with Crippen molar-refractivity contribution >= 4 is 9.84 Å². The van der Waals surface area contributed by atoms with E-state index in [2.05, 4.69) is 6.92 Å². The van der Waals surface area contributed by atoms with Crippen LogP contribution in [0.1, 0.15) is 26.2 Å². The standard InChI is InChI=1S/C10H19NO2S/c1-9-2-5-11(6-3-9)10-4-7-14(12,13)8-10/h9-10H,2-8H2,1H3/p+1/t10-/m1/s1. The molecule has 3 nitrogen and oxygen atoms in total. The summed E-state index contributed by atoms with van der Waals surface area (Å²) in [5.41, 5.74) is 0. The van der Waals surface area contributed by atoms with Gasteiger partial charge in [0.1, 0.15) is 11.8 Å². The quantitative estimate of drug-likeness (QED) is 0.644. The van der Waals surface area contributed by atoms with Gasteiger partial charge in [-0.25, -0.2) is 8.42 Å². The molecule has 2 rings (SSSR count). The number of likely N-dealkylation sites (tertiary alicyclic amines) is 1. The predicted molar refractivity (Wildman–Crippen MR) is 56.2 cm³/mol. The molecule has 0 aromatic heterocycles. The summed E-state index contributed by atoms with van der Waals surface area (Å²) in [7, 11) is -2.68. The number of rotatable bonds is 1. The number of hydrogen-bond donors (Lipinski definition) is 1. The third-order valence-electron chi connectivity index (χ3n) is 3.73. The zero-order valence-electron chi connectivity index (χ0n) is 8.83. The Labute approximate surface area is 86.4 Å². The second-order valence-electron chi connectivity index (χ2n) is 4.94. The third kappa shape index (κ3) is 2.28. The fourth-order valence-corrected chi connectivity index (χ4v) is 4.48. The van der Waals surface area contributed by atoms with Gasteiger partial charge in [0.2, 0.25) is 0 Å². The summed E-state index contributed by atoms with van der Waals surface area (Å²) in [6.45, 7) is 4.66. The molecule has 0 saturated carbocycles. The number of nitrogens with one attached hydrogen (secondary N) is 1. The highest BCUT2D eigenvalue weighted by molar-refractivity contribution is 7.91. The highest BCUT2D eigenvalue weighted by Gasteiger charge is 2.36. The van der Waals surface area contributed by atoms with E-state index in [-0.39, 0.29) is 0 Å². The summed E-state index contributed by atoms with van der Waals surface area (Å²) in [5, 5.41) is 0. The zero-order valence-corrected chi connectivity index (χ0v) is 9.65. The van der Waals surface area contributed by atoms with E-state index in [1.165, 1.54) is 25.9 Å². The minimum Gasteiger partial charge on any atom is -0.332 e. The lowest BCUT2D eigenvalue weighted by Gasteiger charge is -2.31. The first-order chi connectivity index (χ1) is 6.57. The number of quaternary nitrogens is 1. The van der Waals surface area contributed by atoms with E-state index in [4.69, 9.17) is 0 Å². The van der Waals surface area contributed by atoms with Gasteiger partial charge in [0.05, 0.1) is 18.8 Å². The Morgan fingerprint density at radius 1 is 1.14 bits per heavy atom. The predicted octanol–water partition coefficient (Wildman–Crippen LogP) is -0.512. The van der Waals surface area contributed by atoms with E-state index in [1.54, 1.807) is 4.90 Å². The molecule has 0 spiro atoms. The van der Waals surface area contributed by atoms with E-state index in [1.807, 2.05) is 0 Å². The second kappa shape index (κ2) is 3.81. The van der Waals surface area contributed by atoms with Gasteiger partial charge in [-0.15, -0.1) is 0 Å². The Hall–Kier alpha value is -0.0900. The van der Waals surface area contributed by atoms with Gasteiger partial charge in [0, 0.05) is 6.42 Å². The summed E-state index contributed by atoms with van der Waals surface area (Å²) in [4.78, 5) is 1.55. The summed E-state index contributed by atoms with van der Waals surface area (Å²) in [6, 6.07) is 0.410. The molecule has 82 valence electrons. The maximum atomic E-state index is 11.3. The highest BCUT2D eigenvalue weighted by atomic mass is 32.2. The third-order valence-corrected chi connectivity index (χ3v) is 5.49. The number of hydrogen-bond acceptors (Lipinski definition) is 2. The van der Waals surface area contributed by atoms with Gasteiger partial charge < -0.3 is 4.90 Å². The molecule has 2 aliphatic rings. The van der Waals surface area contributed by atoms with Crippen LogP contribution < -0.4 is 4.90 Å². The van der Waals surface area contributed by atoms with E-state index in [9.17, 15) is 8.42 Å². The van der Waals surface area contributed by atoms with Gasteiger partial charge in [-0.2, -0.15) is 0 Å². The van der Waals surface area contributed by atoms with E-state index in [0.717, 1.165) is 12.3 Å². The topological polar surface area (TPSA) is 38.6 Å². The minimum absolute atomic E-state index is 0.410. The SMILES string of the molecule is CC1CC[NH+]([C@@H]2CCS(=O)(=O)C2)CC1. The molecule has 2 aliphatic heterocycles. The summed E-state index contributed by atoms with van der Waals surface area (Å²) >= 11 is 0. The molecule has 2 fully saturated rings. The maximum Gasteiger partial charge on any atom is 0.156 e. The van der Waals surface area contributed by atoms with Crippen LogP contribution in [0, 0.1) is 5.92 Å². The molecule has 0 bridgehead atoms. The smallest absolute Gasteiger partial charge is 0.156 e. The second-order valence-corrected chi connectivity index (χ2v) is 7.17. The Morgan fingerprint density at radius 3 is 2.29 bits per heavy atom. The Balaban J connectivity index is 1.91. The molecule has 0 aromatic carbocycles. The first kappa shape index (κ1) is 10.4. The fourth-order valence-electron chi connectivity index (χ4n) is 2.66. The van der Waals surface area contributed by atoms with Gasteiger partial charge in [0.15, 0.2) is 9.84 Å².